The summed E-state index contributed by atoms with van der Waals surface area (Å²) in [4.78, 5) is 0. The van der Waals surface area contributed by atoms with Gasteiger partial charge in [-0.2, -0.15) is 0 Å². The normalized spacial score (nSPS) is 11.9. The molecule has 3 nitrogen and oxygen atoms in total. The van der Waals surface area contributed by atoms with Gasteiger partial charge in [0.2, 0.25) is 0 Å². The first kappa shape index (κ1) is 14.3. The van der Waals surface area contributed by atoms with E-state index in [9.17, 15) is 5.11 Å². The molecule has 0 spiro atoms. The van der Waals surface area contributed by atoms with Crippen molar-refractivity contribution >= 4 is 5.69 Å². The Bertz CT molecular complexity index is 540. The molecule has 0 aromatic heterocycles. The molecule has 0 aliphatic heterocycles. The largest absolute Gasteiger partial charge is 0.504 e. The first-order valence-electron chi connectivity index (χ1n) is 6.86. The predicted molar refractivity (Wildman–Crippen MR) is 82.6 cm³/mol. The molecule has 0 saturated carbocycles. The van der Waals surface area contributed by atoms with Gasteiger partial charge >= 0.3 is 0 Å². The first-order chi connectivity index (χ1) is 9.70. The second kappa shape index (κ2) is 6.85. The summed E-state index contributed by atoms with van der Waals surface area (Å²) in [6.45, 7) is 3.09. The van der Waals surface area contributed by atoms with Crippen LogP contribution < -0.4 is 10.1 Å². The summed E-state index contributed by atoms with van der Waals surface area (Å²) in [5.74, 6) is 1.16. The molecule has 0 aliphatic rings. The SMILES string of the molecule is COc1ccc(NCCC(C)c2ccccc2)cc1O. The van der Waals surface area contributed by atoms with E-state index in [1.165, 1.54) is 5.56 Å². The van der Waals surface area contributed by atoms with Crippen LogP contribution in [0.25, 0.3) is 0 Å². The number of phenolic OH excluding ortho intramolecular Hbond substituents is 1. The Kier molecular flexibility index (Phi) is 4.88. The van der Waals surface area contributed by atoms with Crippen molar-refractivity contribution < 1.29 is 9.84 Å². The minimum absolute atomic E-state index is 0.161. The molecule has 0 heterocycles. The van der Waals surface area contributed by atoms with E-state index in [1.807, 2.05) is 12.1 Å². The van der Waals surface area contributed by atoms with E-state index < -0.39 is 0 Å². The molecule has 1 unspecified atom stereocenters. The Labute approximate surface area is 120 Å². The number of rotatable bonds is 6. The molecule has 2 aromatic rings. The molecule has 0 saturated heterocycles. The van der Waals surface area contributed by atoms with Gasteiger partial charge in [-0.1, -0.05) is 37.3 Å². The highest BCUT2D eigenvalue weighted by molar-refractivity contribution is 5.54. The highest BCUT2D eigenvalue weighted by Crippen LogP contribution is 2.28. The number of methoxy groups -OCH3 is 1. The number of benzene rings is 2. The van der Waals surface area contributed by atoms with Crippen LogP contribution in [0.1, 0.15) is 24.8 Å². The van der Waals surface area contributed by atoms with Crippen LogP contribution in [0.2, 0.25) is 0 Å². The van der Waals surface area contributed by atoms with Gasteiger partial charge in [0.05, 0.1) is 7.11 Å². The van der Waals surface area contributed by atoms with Gasteiger partial charge in [-0.3, -0.25) is 0 Å². The van der Waals surface area contributed by atoms with Crippen LogP contribution in [0.4, 0.5) is 5.69 Å². The van der Waals surface area contributed by atoms with E-state index in [4.69, 9.17) is 4.74 Å². The molecule has 0 fully saturated rings. The van der Waals surface area contributed by atoms with Crippen LogP contribution in [-0.4, -0.2) is 18.8 Å². The van der Waals surface area contributed by atoms with Gasteiger partial charge in [0, 0.05) is 18.3 Å². The monoisotopic (exact) mass is 271 g/mol. The third-order valence-electron chi connectivity index (χ3n) is 3.45. The molecule has 106 valence electrons. The van der Waals surface area contributed by atoms with Crippen molar-refractivity contribution in [3.8, 4) is 11.5 Å². The van der Waals surface area contributed by atoms with E-state index in [1.54, 1.807) is 19.2 Å². The number of nitrogens with one attached hydrogen (secondary N) is 1. The maximum Gasteiger partial charge on any atom is 0.160 e. The lowest BCUT2D eigenvalue weighted by Crippen LogP contribution is -2.05. The summed E-state index contributed by atoms with van der Waals surface area (Å²) in [5, 5.41) is 13.0. The Balaban J connectivity index is 1.85. The quantitative estimate of drug-likeness (QED) is 0.834. The van der Waals surface area contributed by atoms with Crippen molar-refractivity contribution in [2.75, 3.05) is 19.0 Å². The lowest BCUT2D eigenvalue weighted by Gasteiger charge is -2.13. The van der Waals surface area contributed by atoms with E-state index in [2.05, 4.69) is 36.5 Å². The van der Waals surface area contributed by atoms with Crippen molar-refractivity contribution in [2.24, 2.45) is 0 Å². The fourth-order valence-corrected chi connectivity index (χ4v) is 2.18. The van der Waals surface area contributed by atoms with E-state index in [0.717, 1.165) is 18.7 Å². The molecule has 1 atom stereocenters. The first-order valence-corrected chi connectivity index (χ1v) is 6.86. The topological polar surface area (TPSA) is 41.5 Å². The smallest absolute Gasteiger partial charge is 0.160 e. The van der Waals surface area contributed by atoms with Gasteiger partial charge in [-0.05, 0) is 30.0 Å². The van der Waals surface area contributed by atoms with Crippen LogP contribution >= 0.6 is 0 Å². The van der Waals surface area contributed by atoms with Crippen molar-refractivity contribution in [1.29, 1.82) is 0 Å². The molecule has 0 radical (unpaired) electrons. The van der Waals surface area contributed by atoms with Crippen molar-refractivity contribution in [3.05, 3.63) is 54.1 Å². The Morgan fingerprint density at radius 3 is 2.55 bits per heavy atom. The molecule has 0 aliphatic carbocycles. The van der Waals surface area contributed by atoms with Gasteiger partial charge in [0.1, 0.15) is 0 Å². The fraction of sp³-hybridized carbons (Fsp3) is 0.294. The third kappa shape index (κ3) is 3.67. The molecule has 0 bridgehead atoms. The molecule has 20 heavy (non-hydrogen) atoms. The zero-order chi connectivity index (χ0) is 14.4. The van der Waals surface area contributed by atoms with Crippen molar-refractivity contribution in [3.63, 3.8) is 0 Å². The Hall–Kier alpha value is -2.16. The number of hydrogen-bond acceptors (Lipinski definition) is 3. The predicted octanol–water partition coefficient (Wildman–Crippen LogP) is 4.01. The highest BCUT2D eigenvalue weighted by atomic mass is 16.5. The fourth-order valence-electron chi connectivity index (χ4n) is 2.18. The average molecular weight is 271 g/mol. The molecule has 3 heteroatoms. The minimum atomic E-state index is 0.161. The zero-order valence-electron chi connectivity index (χ0n) is 12.0. The summed E-state index contributed by atoms with van der Waals surface area (Å²) in [5.41, 5.74) is 2.26. The lowest BCUT2D eigenvalue weighted by molar-refractivity contribution is 0.373. The lowest BCUT2D eigenvalue weighted by atomic mass is 9.98. The summed E-state index contributed by atoms with van der Waals surface area (Å²) in [6, 6.07) is 15.8. The number of anilines is 1. The molecule has 2 aromatic carbocycles. The van der Waals surface area contributed by atoms with E-state index >= 15 is 0 Å². The number of ether oxygens (including phenoxy) is 1. The van der Waals surface area contributed by atoms with Gasteiger partial charge in [-0.25, -0.2) is 0 Å². The second-order valence-corrected chi connectivity index (χ2v) is 4.91. The summed E-state index contributed by atoms with van der Waals surface area (Å²) < 4.78 is 5.02. The van der Waals surface area contributed by atoms with E-state index in [0.29, 0.717) is 11.7 Å². The van der Waals surface area contributed by atoms with Crippen LogP contribution in [0.15, 0.2) is 48.5 Å². The Morgan fingerprint density at radius 2 is 1.90 bits per heavy atom. The number of aromatic hydroxyl groups is 1. The standard InChI is InChI=1S/C17H21NO2/c1-13(14-6-4-3-5-7-14)10-11-18-15-8-9-17(20-2)16(19)12-15/h3-9,12-13,18-19H,10-11H2,1-2H3. The van der Waals surface area contributed by atoms with Gasteiger partial charge in [0.15, 0.2) is 11.5 Å². The maximum absolute atomic E-state index is 9.71. The summed E-state index contributed by atoms with van der Waals surface area (Å²) in [7, 11) is 1.55. The van der Waals surface area contributed by atoms with Gasteiger partial charge in [0.25, 0.3) is 0 Å². The maximum atomic E-state index is 9.71. The average Bonchev–Trinajstić information content (AvgIpc) is 2.48. The molecular formula is C17H21NO2. The second-order valence-electron chi connectivity index (χ2n) is 4.91. The number of phenols is 1. The highest BCUT2D eigenvalue weighted by Gasteiger charge is 2.05. The minimum Gasteiger partial charge on any atom is -0.504 e. The summed E-state index contributed by atoms with van der Waals surface area (Å²) >= 11 is 0. The van der Waals surface area contributed by atoms with Crippen LogP contribution in [0.3, 0.4) is 0 Å². The zero-order valence-corrected chi connectivity index (χ0v) is 12.0. The Morgan fingerprint density at radius 1 is 1.15 bits per heavy atom. The van der Waals surface area contributed by atoms with Crippen LogP contribution in [0.5, 0.6) is 11.5 Å². The van der Waals surface area contributed by atoms with Crippen molar-refractivity contribution in [1.82, 2.24) is 0 Å². The van der Waals surface area contributed by atoms with Gasteiger partial charge < -0.3 is 15.2 Å². The number of hydrogen-bond donors (Lipinski definition) is 2. The van der Waals surface area contributed by atoms with Gasteiger partial charge in [-0.15, -0.1) is 0 Å². The molecule has 2 rings (SSSR count). The van der Waals surface area contributed by atoms with Crippen LogP contribution in [0, 0.1) is 0 Å². The van der Waals surface area contributed by atoms with Crippen molar-refractivity contribution in [2.45, 2.75) is 19.3 Å². The molecule has 0 amide bonds. The molecule has 2 N–H and O–H groups in total. The molecular weight excluding hydrogens is 250 g/mol. The summed E-state index contributed by atoms with van der Waals surface area (Å²) in [6.07, 6.45) is 1.04. The van der Waals surface area contributed by atoms with Crippen LogP contribution in [-0.2, 0) is 0 Å². The third-order valence-corrected chi connectivity index (χ3v) is 3.45. The van der Waals surface area contributed by atoms with E-state index in [-0.39, 0.29) is 5.75 Å².